The minimum atomic E-state index is -0.870. The zero-order valence-corrected chi connectivity index (χ0v) is 19.1. The van der Waals surface area contributed by atoms with Gasteiger partial charge in [0.25, 0.3) is 0 Å². The number of aryl methyl sites for hydroxylation is 2. The maximum Gasteiger partial charge on any atom is 0.308 e. The Hall–Kier alpha value is -2.88. The van der Waals surface area contributed by atoms with Crippen LogP contribution in [0.4, 0.5) is 0 Å². The highest BCUT2D eigenvalue weighted by Gasteiger charge is 2.21. The van der Waals surface area contributed by atoms with Gasteiger partial charge in [0.15, 0.2) is 5.16 Å². The molecule has 2 heterocycles. The normalized spacial score (nSPS) is 12.3. The number of hydrogen-bond acceptors (Lipinski definition) is 9. The van der Waals surface area contributed by atoms with Gasteiger partial charge >= 0.3 is 11.9 Å². The molecule has 0 aromatic carbocycles. The minimum absolute atomic E-state index is 0.0434. The van der Waals surface area contributed by atoms with Crippen molar-refractivity contribution in [1.82, 2.24) is 15.0 Å². The highest BCUT2D eigenvalue weighted by molar-refractivity contribution is 7.98. The highest BCUT2D eigenvalue weighted by atomic mass is 32.2. The predicted octanol–water partition coefficient (Wildman–Crippen LogP) is 3.49. The maximum atomic E-state index is 11.8. The molecule has 0 unspecified atom stereocenters. The summed E-state index contributed by atoms with van der Waals surface area (Å²) in [4.78, 5) is 35.8. The fourth-order valence-electron chi connectivity index (χ4n) is 3.38. The fraction of sp³-hybridized carbons (Fsp3) is 0.500. The molecule has 0 saturated heterocycles. The molecule has 3 rings (SSSR count). The molecule has 1 aliphatic carbocycles. The van der Waals surface area contributed by atoms with Crippen molar-refractivity contribution in [2.45, 2.75) is 62.8 Å². The molecule has 32 heavy (non-hydrogen) atoms. The van der Waals surface area contributed by atoms with E-state index in [2.05, 4.69) is 15.0 Å². The van der Waals surface area contributed by atoms with Crippen LogP contribution in [0.1, 0.15) is 54.5 Å². The highest BCUT2D eigenvalue weighted by Crippen LogP contribution is 2.33. The minimum Gasteiger partial charge on any atom is -0.481 e. The lowest BCUT2D eigenvalue weighted by Gasteiger charge is -2.13. The van der Waals surface area contributed by atoms with Gasteiger partial charge in [0.1, 0.15) is 0 Å². The summed E-state index contributed by atoms with van der Waals surface area (Å²) < 4.78 is 16.2. The number of methoxy groups -OCH3 is 1. The molecule has 0 aliphatic heterocycles. The average molecular weight is 462 g/mol. The molecule has 172 valence electrons. The first kappa shape index (κ1) is 23.8. The molecule has 0 atom stereocenters. The molecule has 0 radical (unpaired) electrons. The van der Waals surface area contributed by atoms with Gasteiger partial charge in [0, 0.05) is 35.9 Å². The summed E-state index contributed by atoms with van der Waals surface area (Å²) in [6.45, 7) is 1.77. The number of nitrogens with zero attached hydrogens (tertiary/aromatic N) is 3. The summed E-state index contributed by atoms with van der Waals surface area (Å²) in [5.41, 5.74) is 4.00. The lowest BCUT2D eigenvalue weighted by molar-refractivity contribution is -0.150. The average Bonchev–Trinajstić information content (AvgIpc) is 3.24. The topological polar surface area (TPSA) is 121 Å². The molecule has 0 spiro atoms. The van der Waals surface area contributed by atoms with Gasteiger partial charge in [-0.05, 0) is 50.7 Å². The summed E-state index contributed by atoms with van der Waals surface area (Å²) in [7, 11) is 1.60. The van der Waals surface area contributed by atoms with Crippen molar-refractivity contribution in [3.63, 3.8) is 0 Å². The van der Waals surface area contributed by atoms with Gasteiger partial charge in [0.05, 0.1) is 12.8 Å². The molecule has 0 fully saturated rings. The lowest BCUT2D eigenvalue weighted by Crippen LogP contribution is -2.12. The van der Waals surface area contributed by atoms with Crippen LogP contribution in [0.3, 0.4) is 0 Å². The van der Waals surface area contributed by atoms with Crippen molar-refractivity contribution in [1.29, 1.82) is 0 Å². The molecule has 10 heteroatoms. The monoisotopic (exact) mass is 461 g/mol. The third-order valence-corrected chi connectivity index (χ3v) is 5.97. The molecular formula is C22H27N3O6S. The first-order valence-electron chi connectivity index (χ1n) is 10.5. The fourth-order valence-corrected chi connectivity index (χ4v) is 4.33. The number of ether oxygens (including phenoxy) is 3. The van der Waals surface area contributed by atoms with Crippen LogP contribution in [-0.2, 0) is 32.9 Å². The second kappa shape index (κ2) is 11.7. The van der Waals surface area contributed by atoms with Crippen LogP contribution in [0.5, 0.6) is 11.8 Å². The van der Waals surface area contributed by atoms with Crippen molar-refractivity contribution in [2.24, 2.45) is 0 Å². The quantitative estimate of drug-likeness (QED) is 0.165. The van der Waals surface area contributed by atoms with E-state index in [4.69, 9.17) is 19.3 Å². The lowest BCUT2D eigenvalue weighted by atomic mass is 10.2. The van der Waals surface area contributed by atoms with Gasteiger partial charge in [-0.15, -0.1) is 0 Å². The second-order valence-electron chi connectivity index (χ2n) is 7.37. The van der Waals surface area contributed by atoms with E-state index < -0.39 is 11.9 Å². The van der Waals surface area contributed by atoms with Crippen molar-refractivity contribution in [3.05, 3.63) is 34.6 Å². The smallest absolute Gasteiger partial charge is 0.308 e. The van der Waals surface area contributed by atoms with Crippen LogP contribution >= 0.6 is 11.8 Å². The summed E-state index contributed by atoms with van der Waals surface area (Å²) in [6, 6.07) is 1.94. The van der Waals surface area contributed by atoms with E-state index in [9.17, 15) is 9.59 Å². The van der Waals surface area contributed by atoms with Gasteiger partial charge in [-0.25, -0.2) is 9.97 Å². The van der Waals surface area contributed by atoms with Crippen LogP contribution in [0.15, 0.2) is 17.4 Å². The SMILES string of the molecule is COc1nccc(C)c1CSc1nc2c(c(OCOC(=O)CCCCC(=O)O)n1)CCC2. The largest absolute Gasteiger partial charge is 0.481 e. The van der Waals surface area contributed by atoms with Crippen molar-refractivity contribution in [3.8, 4) is 11.8 Å². The number of esters is 1. The Balaban J connectivity index is 1.58. The summed E-state index contributed by atoms with van der Waals surface area (Å²) in [6.07, 6.45) is 5.49. The van der Waals surface area contributed by atoms with Crippen molar-refractivity contribution in [2.75, 3.05) is 13.9 Å². The molecule has 1 N–H and O–H groups in total. The number of carboxylic acids is 1. The molecule has 2 aromatic rings. The maximum absolute atomic E-state index is 11.8. The van der Waals surface area contributed by atoms with Gasteiger partial charge in [0.2, 0.25) is 18.6 Å². The van der Waals surface area contributed by atoms with E-state index in [0.717, 1.165) is 41.6 Å². The molecule has 1 aliphatic rings. The third-order valence-electron chi connectivity index (χ3n) is 5.10. The Morgan fingerprint density at radius 1 is 1.16 bits per heavy atom. The standard InChI is InChI=1S/C22H27N3O6S/c1-14-10-11-23-20(29-2)16(14)12-32-22-24-17-7-5-6-15(17)21(25-22)31-13-30-19(28)9-4-3-8-18(26)27/h10-11H,3-9,12-13H2,1-2H3,(H,26,27). The van der Waals surface area contributed by atoms with Gasteiger partial charge in [-0.3, -0.25) is 9.59 Å². The number of fused-ring (bicyclic) bond motifs is 1. The number of unbranched alkanes of at least 4 members (excludes halogenated alkanes) is 1. The van der Waals surface area contributed by atoms with E-state index in [1.54, 1.807) is 13.3 Å². The van der Waals surface area contributed by atoms with E-state index in [1.165, 1.54) is 11.8 Å². The Kier molecular flexibility index (Phi) is 8.66. The van der Waals surface area contributed by atoms with Crippen molar-refractivity contribution < 1.29 is 28.9 Å². The molecule has 0 bridgehead atoms. The van der Waals surface area contributed by atoms with E-state index in [0.29, 0.717) is 35.5 Å². The zero-order chi connectivity index (χ0) is 22.9. The molecule has 2 aromatic heterocycles. The molecular weight excluding hydrogens is 434 g/mol. The first-order valence-corrected chi connectivity index (χ1v) is 11.5. The second-order valence-corrected chi connectivity index (χ2v) is 8.32. The summed E-state index contributed by atoms with van der Waals surface area (Å²) in [5.74, 6) is 0.348. The van der Waals surface area contributed by atoms with Crippen LogP contribution in [0.2, 0.25) is 0 Å². The zero-order valence-electron chi connectivity index (χ0n) is 18.3. The molecule has 0 amide bonds. The predicted molar refractivity (Wildman–Crippen MR) is 117 cm³/mol. The number of thioether (sulfide) groups is 1. The van der Waals surface area contributed by atoms with Crippen molar-refractivity contribution >= 4 is 23.7 Å². The number of carbonyl (C=O) groups excluding carboxylic acids is 1. The van der Waals surface area contributed by atoms with Crippen LogP contribution in [0.25, 0.3) is 0 Å². The number of hydrogen-bond donors (Lipinski definition) is 1. The Bertz CT molecular complexity index is 969. The Morgan fingerprint density at radius 3 is 2.75 bits per heavy atom. The Morgan fingerprint density at radius 2 is 1.97 bits per heavy atom. The number of aromatic nitrogens is 3. The number of rotatable bonds is 12. The van der Waals surface area contributed by atoms with Gasteiger partial charge in [-0.1, -0.05) is 11.8 Å². The van der Waals surface area contributed by atoms with Gasteiger partial charge < -0.3 is 19.3 Å². The van der Waals surface area contributed by atoms with E-state index >= 15 is 0 Å². The van der Waals surface area contributed by atoms with Gasteiger partial charge in [-0.2, -0.15) is 4.98 Å². The number of carboxylic acid groups (broad SMARTS) is 1. The molecule has 0 saturated carbocycles. The third kappa shape index (κ3) is 6.56. The van der Waals surface area contributed by atoms with Crippen LogP contribution in [-0.4, -0.2) is 45.9 Å². The number of aliphatic carboxylic acids is 1. The van der Waals surface area contributed by atoms with Crippen LogP contribution < -0.4 is 9.47 Å². The molecule has 9 nitrogen and oxygen atoms in total. The number of pyridine rings is 1. The number of carbonyl (C=O) groups is 2. The van der Waals surface area contributed by atoms with E-state index in [1.807, 2.05) is 13.0 Å². The first-order chi connectivity index (χ1) is 15.5. The van der Waals surface area contributed by atoms with Crippen LogP contribution in [0, 0.1) is 6.92 Å². The summed E-state index contributed by atoms with van der Waals surface area (Å²) in [5, 5.41) is 9.22. The van der Waals surface area contributed by atoms with E-state index in [-0.39, 0.29) is 19.6 Å². The Labute approximate surface area is 190 Å². The summed E-state index contributed by atoms with van der Waals surface area (Å²) >= 11 is 1.48.